The highest BCUT2D eigenvalue weighted by atomic mass is 16.5. The smallest absolute Gasteiger partial charge is 0.341 e. The zero-order chi connectivity index (χ0) is 13.7. The fraction of sp³-hybridized carbons (Fsp3) is 0.176. The summed E-state index contributed by atoms with van der Waals surface area (Å²) in [5, 5.41) is 2.37. The molecule has 0 aromatic heterocycles. The molecule has 2 nitrogen and oxygen atoms in total. The fourth-order valence-electron chi connectivity index (χ4n) is 1.79. The van der Waals surface area contributed by atoms with Crippen molar-refractivity contribution in [3.63, 3.8) is 0 Å². The molecule has 2 rings (SSSR count). The highest BCUT2D eigenvalue weighted by molar-refractivity contribution is 5.88. The van der Waals surface area contributed by atoms with Gasteiger partial charge in [-0.25, -0.2) is 4.79 Å². The third-order valence-electron chi connectivity index (χ3n) is 2.81. The first-order valence-electron chi connectivity index (χ1n) is 6.30. The molecule has 0 saturated heterocycles. The van der Waals surface area contributed by atoms with Gasteiger partial charge in [0.2, 0.25) is 0 Å². The first kappa shape index (κ1) is 13.1. The van der Waals surface area contributed by atoms with E-state index in [0.717, 1.165) is 5.56 Å². The second-order valence-corrected chi connectivity index (χ2v) is 4.24. The van der Waals surface area contributed by atoms with Crippen LogP contribution in [0.5, 0.6) is 0 Å². The summed E-state index contributed by atoms with van der Waals surface area (Å²) in [6.07, 6.45) is 1.80. The molecule has 0 heterocycles. The van der Waals surface area contributed by atoms with Crippen LogP contribution in [0.2, 0.25) is 0 Å². The molecular weight excluding hydrogens is 236 g/mol. The minimum Gasteiger partial charge on any atom is -0.462 e. The number of carbonyl (C=O) groups is 1. The van der Waals surface area contributed by atoms with Gasteiger partial charge in [0.15, 0.2) is 0 Å². The molecule has 19 heavy (non-hydrogen) atoms. The Hall–Kier alpha value is -2.31. The number of benzene rings is 2. The van der Waals surface area contributed by atoms with Gasteiger partial charge in [-0.15, -0.1) is 5.73 Å². The van der Waals surface area contributed by atoms with Gasteiger partial charge in [0, 0.05) is 0 Å². The van der Waals surface area contributed by atoms with Crippen LogP contribution in [0.3, 0.4) is 0 Å². The van der Waals surface area contributed by atoms with Gasteiger partial charge in [-0.2, -0.15) is 0 Å². The summed E-state index contributed by atoms with van der Waals surface area (Å²) >= 11 is 0. The number of ether oxygens (including phenoxy) is 1. The molecule has 2 aromatic carbocycles. The Labute approximate surface area is 113 Å². The summed E-state index contributed by atoms with van der Waals surface area (Å²) in [6.45, 7) is 3.88. The van der Waals surface area contributed by atoms with Crippen molar-refractivity contribution < 1.29 is 9.53 Å². The highest BCUT2D eigenvalue weighted by Gasteiger charge is 2.02. The van der Waals surface area contributed by atoms with Crippen molar-refractivity contribution in [2.75, 3.05) is 6.61 Å². The molecule has 0 aliphatic rings. The predicted octanol–water partition coefficient (Wildman–Crippen LogP) is 3.96. The summed E-state index contributed by atoms with van der Waals surface area (Å²) < 4.78 is 4.90. The molecule has 0 bridgehead atoms. The molecule has 0 atom stereocenters. The molecule has 0 saturated carbocycles. The van der Waals surface area contributed by atoms with Gasteiger partial charge in [-0.1, -0.05) is 36.4 Å². The standard InChI is InChI=1S/C17H16O2/c1-3-19-17(18)13(2)8-9-14-10-11-15-6-4-5-7-16(15)12-14/h4-7,9-12H,3H2,1-2H3. The van der Waals surface area contributed by atoms with Crippen LogP contribution in [0.1, 0.15) is 19.4 Å². The molecule has 0 aliphatic heterocycles. The van der Waals surface area contributed by atoms with Gasteiger partial charge < -0.3 is 4.74 Å². The van der Waals surface area contributed by atoms with Crippen molar-refractivity contribution in [3.8, 4) is 0 Å². The van der Waals surface area contributed by atoms with E-state index in [2.05, 4.69) is 30.0 Å². The summed E-state index contributed by atoms with van der Waals surface area (Å²) in [4.78, 5) is 11.4. The Morgan fingerprint density at radius 2 is 1.95 bits per heavy atom. The van der Waals surface area contributed by atoms with E-state index in [1.165, 1.54) is 10.8 Å². The van der Waals surface area contributed by atoms with Crippen LogP contribution < -0.4 is 0 Å². The van der Waals surface area contributed by atoms with E-state index >= 15 is 0 Å². The number of hydrogen-bond donors (Lipinski definition) is 0. The fourth-order valence-corrected chi connectivity index (χ4v) is 1.79. The number of hydrogen-bond acceptors (Lipinski definition) is 2. The van der Waals surface area contributed by atoms with Gasteiger partial charge >= 0.3 is 5.97 Å². The number of esters is 1. The topological polar surface area (TPSA) is 26.3 Å². The van der Waals surface area contributed by atoms with Crippen molar-refractivity contribution in [1.82, 2.24) is 0 Å². The average Bonchev–Trinajstić information content (AvgIpc) is 2.44. The molecule has 0 fully saturated rings. The molecular formula is C17H16O2. The van der Waals surface area contributed by atoms with Gasteiger partial charge in [-0.05, 0) is 42.3 Å². The molecule has 0 spiro atoms. The van der Waals surface area contributed by atoms with Crippen LogP contribution in [-0.4, -0.2) is 12.6 Å². The summed E-state index contributed by atoms with van der Waals surface area (Å²) in [5.74, 6) is -0.320. The Morgan fingerprint density at radius 3 is 2.68 bits per heavy atom. The molecule has 0 radical (unpaired) electrons. The lowest BCUT2D eigenvalue weighted by molar-refractivity contribution is -0.138. The first-order valence-corrected chi connectivity index (χ1v) is 6.30. The van der Waals surface area contributed by atoms with Crippen molar-refractivity contribution in [2.24, 2.45) is 0 Å². The molecule has 96 valence electrons. The van der Waals surface area contributed by atoms with E-state index in [1.54, 1.807) is 19.9 Å². The SMILES string of the molecule is CCOC(=O)C(C)=C=Cc1ccc2ccccc2c1. The third kappa shape index (κ3) is 3.34. The van der Waals surface area contributed by atoms with Gasteiger partial charge in [0.05, 0.1) is 12.2 Å². The maximum atomic E-state index is 11.4. The van der Waals surface area contributed by atoms with Gasteiger partial charge in [0.1, 0.15) is 0 Å². The van der Waals surface area contributed by atoms with Gasteiger partial charge in [-0.3, -0.25) is 0 Å². The Morgan fingerprint density at radius 1 is 1.21 bits per heavy atom. The monoisotopic (exact) mass is 252 g/mol. The zero-order valence-electron chi connectivity index (χ0n) is 11.1. The van der Waals surface area contributed by atoms with Crippen LogP contribution in [0.25, 0.3) is 16.8 Å². The normalized spacial score (nSPS) is 9.79. The van der Waals surface area contributed by atoms with Crippen molar-refractivity contribution in [3.05, 3.63) is 59.3 Å². The third-order valence-corrected chi connectivity index (χ3v) is 2.81. The molecule has 0 aliphatic carbocycles. The Kier molecular flexibility index (Phi) is 4.17. The molecule has 0 amide bonds. The van der Waals surface area contributed by atoms with E-state index in [-0.39, 0.29) is 5.97 Å². The second-order valence-electron chi connectivity index (χ2n) is 4.24. The summed E-state index contributed by atoms with van der Waals surface area (Å²) in [7, 11) is 0. The van der Waals surface area contributed by atoms with Crippen LogP contribution >= 0.6 is 0 Å². The highest BCUT2D eigenvalue weighted by Crippen LogP contribution is 2.16. The molecule has 2 heteroatoms. The quantitative estimate of drug-likeness (QED) is 0.469. The molecule has 2 aromatic rings. The van der Waals surface area contributed by atoms with Crippen molar-refractivity contribution >= 4 is 22.8 Å². The first-order chi connectivity index (χ1) is 9.20. The Bertz CT molecular complexity index is 662. The van der Waals surface area contributed by atoms with Crippen molar-refractivity contribution in [2.45, 2.75) is 13.8 Å². The Balaban J connectivity index is 2.30. The van der Waals surface area contributed by atoms with Crippen LogP contribution in [-0.2, 0) is 9.53 Å². The summed E-state index contributed by atoms with van der Waals surface area (Å²) in [5.41, 5.74) is 4.46. The largest absolute Gasteiger partial charge is 0.462 e. The van der Waals surface area contributed by atoms with Crippen molar-refractivity contribution in [1.29, 1.82) is 0 Å². The van der Waals surface area contributed by atoms with Gasteiger partial charge in [0.25, 0.3) is 0 Å². The lowest BCUT2D eigenvalue weighted by atomic mass is 10.1. The molecule has 0 N–H and O–H groups in total. The van der Waals surface area contributed by atoms with E-state index < -0.39 is 0 Å². The van der Waals surface area contributed by atoms with Crippen LogP contribution in [0.15, 0.2) is 53.8 Å². The van der Waals surface area contributed by atoms with Crippen LogP contribution in [0.4, 0.5) is 0 Å². The number of carbonyl (C=O) groups excluding carboxylic acids is 1. The maximum Gasteiger partial charge on any atom is 0.341 e. The minimum absolute atomic E-state index is 0.320. The minimum atomic E-state index is -0.320. The van der Waals surface area contributed by atoms with E-state index in [9.17, 15) is 4.79 Å². The van der Waals surface area contributed by atoms with Crippen LogP contribution in [0, 0.1) is 0 Å². The zero-order valence-corrected chi connectivity index (χ0v) is 11.1. The van der Waals surface area contributed by atoms with E-state index in [1.807, 2.05) is 18.2 Å². The predicted molar refractivity (Wildman–Crippen MR) is 77.7 cm³/mol. The van der Waals surface area contributed by atoms with E-state index in [0.29, 0.717) is 12.2 Å². The second kappa shape index (κ2) is 6.03. The molecule has 0 unspecified atom stereocenters. The lowest BCUT2D eigenvalue weighted by Crippen LogP contribution is -2.03. The summed E-state index contributed by atoms with van der Waals surface area (Å²) in [6, 6.07) is 14.3. The number of fused-ring (bicyclic) bond motifs is 1. The maximum absolute atomic E-state index is 11.4. The number of rotatable bonds is 3. The lowest BCUT2D eigenvalue weighted by Gasteiger charge is -1.99. The van der Waals surface area contributed by atoms with E-state index in [4.69, 9.17) is 4.74 Å². The average molecular weight is 252 g/mol.